The van der Waals surface area contributed by atoms with Crippen LogP contribution in [0.15, 0.2) is 0 Å². The highest BCUT2D eigenvalue weighted by Crippen LogP contribution is 2.25. The number of hydrogen-bond donors (Lipinski definition) is 1. The Morgan fingerprint density at radius 2 is 1.24 bits per heavy atom. The molecule has 0 aliphatic heterocycles. The van der Waals surface area contributed by atoms with Crippen molar-refractivity contribution < 1.29 is 19.5 Å². The lowest BCUT2D eigenvalue weighted by Gasteiger charge is -2.38. The van der Waals surface area contributed by atoms with Crippen LogP contribution in [0.1, 0.15) is 123 Å². The van der Waals surface area contributed by atoms with Gasteiger partial charge in [-0.15, -0.1) is 0 Å². The lowest BCUT2D eigenvalue weighted by Crippen LogP contribution is -2.52. The molecule has 0 spiro atoms. The zero-order valence-electron chi connectivity index (χ0n) is 20.1. The molecule has 0 aromatic carbocycles. The maximum atomic E-state index is 11.2. The van der Waals surface area contributed by atoms with E-state index in [0.717, 1.165) is 32.2 Å². The normalized spacial score (nSPS) is 14.1. The summed E-state index contributed by atoms with van der Waals surface area (Å²) >= 11 is 0. The number of aliphatic hydroxyl groups is 1. The van der Waals surface area contributed by atoms with Crippen molar-refractivity contribution in [2.45, 2.75) is 129 Å². The van der Waals surface area contributed by atoms with Gasteiger partial charge in [-0.3, -0.25) is 0 Å². The summed E-state index contributed by atoms with van der Waals surface area (Å²) < 4.78 is 0.669. The Hall–Kier alpha value is -0.610. The van der Waals surface area contributed by atoms with E-state index in [0.29, 0.717) is 17.4 Å². The molecule has 0 bridgehead atoms. The number of carboxylic acids is 1. The van der Waals surface area contributed by atoms with E-state index in [4.69, 9.17) is 0 Å². The minimum atomic E-state index is -0.981. The predicted octanol–water partition coefficient (Wildman–Crippen LogP) is 5.22. The summed E-state index contributed by atoms with van der Waals surface area (Å²) in [5.74, 6) is -0.981. The zero-order chi connectivity index (χ0) is 22.0. The number of rotatable bonds is 21. The van der Waals surface area contributed by atoms with Gasteiger partial charge in [-0.2, -0.15) is 0 Å². The largest absolute Gasteiger partial charge is 0.550 e. The molecule has 0 aromatic heterocycles. The Labute approximate surface area is 181 Å². The fourth-order valence-corrected chi connectivity index (χ4v) is 4.57. The van der Waals surface area contributed by atoms with Crippen LogP contribution in [0.4, 0.5) is 0 Å². The summed E-state index contributed by atoms with van der Waals surface area (Å²) in [6.07, 6.45) is 19.3. The molecule has 0 saturated heterocycles. The first-order valence-electron chi connectivity index (χ1n) is 12.5. The molecule has 0 heterocycles. The molecule has 1 atom stereocenters. The second-order valence-electron chi connectivity index (χ2n) is 9.91. The van der Waals surface area contributed by atoms with Crippen LogP contribution >= 0.6 is 0 Å². The molecular formula is C25H51NO3. The summed E-state index contributed by atoms with van der Waals surface area (Å²) in [4.78, 5) is 10.6. The first-order chi connectivity index (χ1) is 13.7. The molecule has 0 aliphatic carbocycles. The van der Waals surface area contributed by atoms with E-state index in [1.807, 2.05) is 0 Å². The third-order valence-electron chi connectivity index (χ3n) is 6.08. The molecular weight excluding hydrogens is 362 g/mol. The van der Waals surface area contributed by atoms with Gasteiger partial charge in [0.25, 0.3) is 0 Å². The van der Waals surface area contributed by atoms with Crippen molar-refractivity contribution in [1.29, 1.82) is 0 Å². The van der Waals surface area contributed by atoms with Gasteiger partial charge in [-0.1, -0.05) is 97.3 Å². The number of unbranched alkanes of at least 4 members (excludes halogenated alkanes) is 11. The van der Waals surface area contributed by atoms with E-state index in [2.05, 4.69) is 27.9 Å². The van der Waals surface area contributed by atoms with Gasteiger partial charge < -0.3 is 19.5 Å². The molecule has 0 rings (SSSR count). The number of carbonyl (C=O) groups excluding carboxylic acids is 1. The molecule has 174 valence electrons. The third kappa shape index (κ3) is 17.9. The summed E-state index contributed by atoms with van der Waals surface area (Å²) in [5.41, 5.74) is -0.627. The molecule has 0 aromatic rings. The van der Waals surface area contributed by atoms with Crippen molar-refractivity contribution in [3.63, 3.8) is 0 Å². The van der Waals surface area contributed by atoms with Crippen LogP contribution in [0.5, 0.6) is 0 Å². The average Bonchev–Trinajstić information content (AvgIpc) is 2.61. The molecule has 0 saturated carbocycles. The highest BCUT2D eigenvalue weighted by molar-refractivity contribution is 5.64. The summed E-state index contributed by atoms with van der Waals surface area (Å²) in [6, 6.07) is 0. The summed E-state index contributed by atoms with van der Waals surface area (Å²) in [5, 5.41) is 21.8. The fraction of sp³-hybridized carbons (Fsp3) is 0.960. The second kappa shape index (κ2) is 17.1. The lowest BCUT2D eigenvalue weighted by atomic mass is 9.89. The molecule has 0 fully saturated rings. The number of likely N-dealkylation sites (N-methyl/N-ethyl adjacent to an activating group) is 1. The quantitative estimate of drug-likeness (QED) is 0.207. The van der Waals surface area contributed by atoms with Gasteiger partial charge in [-0.05, 0) is 19.3 Å². The summed E-state index contributed by atoms with van der Waals surface area (Å²) in [7, 11) is 4.19. The van der Waals surface area contributed by atoms with Crippen LogP contribution in [0, 0.1) is 0 Å². The highest BCUT2D eigenvalue weighted by Gasteiger charge is 2.33. The third-order valence-corrected chi connectivity index (χ3v) is 6.08. The zero-order valence-corrected chi connectivity index (χ0v) is 20.1. The van der Waals surface area contributed by atoms with Crippen LogP contribution in [-0.4, -0.2) is 48.3 Å². The number of nitrogens with zero attached hydrogens (tertiary/aromatic N) is 1. The van der Waals surface area contributed by atoms with Crippen molar-refractivity contribution in [2.24, 2.45) is 0 Å². The maximum Gasteiger partial charge on any atom is 0.113 e. The number of carboxylic acid groups (broad SMARTS) is 1. The van der Waals surface area contributed by atoms with Crippen molar-refractivity contribution in [1.82, 2.24) is 0 Å². The predicted molar refractivity (Wildman–Crippen MR) is 122 cm³/mol. The first-order valence-corrected chi connectivity index (χ1v) is 12.5. The maximum absolute atomic E-state index is 11.2. The minimum absolute atomic E-state index is 0.104. The minimum Gasteiger partial charge on any atom is -0.550 e. The Morgan fingerprint density at radius 3 is 1.69 bits per heavy atom. The Kier molecular flexibility index (Phi) is 16.7. The topological polar surface area (TPSA) is 60.4 Å². The van der Waals surface area contributed by atoms with E-state index in [1.54, 1.807) is 0 Å². The average molecular weight is 414 g/mol. The van der Waals surface area contributed by atoms with Gasteiger partial charge in [0, 0.05) is 12.4 Å². The van der Waals surface area contributed by atoms with Gasteiger partial charge >= 0.3 is 0 Å². The van der Waals surface area contributed by atoms with Crippen molar-refractivity contribution in [2.75, 3.05) is 27.2 Å². The fourth-order valence-electron chi connectivity index (χ4n) is 4.57. The highest BCUT2D eigenvalue weighted by atomic mass is 16.4. The van der Waals surface area contributed by atoms with Crippen LogP contribution in [-0.2, 0) is 4.79 Å². The van der Waals surface area contributed by atoms with Gasteiger partial charge in [0.05, 0.1) is 20.6 Å². The van der Waals surface area contributed by atoms with Crippen LogP contribution in [0.3, 0.4) is 0 Å². The first kappa shape index (κ1) is 28.4. The molecule has 4 nitrogen and oxygen atoms in total. The van der Waals surface area contributed by atoms with Gasteiger partial charge in [0.1, 0.15) is 12.1 Å². The molecule has 1 N–H and O–H groups in total. The Bertz CT molecular complexity index is 398. The van der Waals surface area contributed by atoms with Gasteiger partial charge in [0.2, 0.25) is 0 Å². The molecule has 4 heteroatoms. The molecule has 29 heavy (non-hydrogen) atoms. The molecule has 0 radical (unpaired) electrons. The Morgan fingerprint density at radius 1 is 0.759 bits per heavy atom. The SMILES string of the molecule is CCCCCCCCCCCCCCC(O)(CCC)C[N+](C)(C)CCCC(=O)[O-]. The van der Waals surface area contributed by atoms with Crippen LogP contribution in [0.25, 0.3) is 0 Å². The van der Waals surface area contributed by atoms with Crippen LogP contribution < -0.4 is 5.11 Å². The standard InChI is InChI=1S/C25H51NO3/c1-5-7-8-9-10-11-12-13-14-15-16-17-21-25(29,20-6-2)23-26(3,4)22-18-19-24(27)28/h29H,5-23H2,1-4H3. The summed E-state index contributed by atoms with van der Waals surface area (Å²) in [6.45, 7) is 5.86. The number of carbonyl (C=O) groups is 1. The van der Waals surface area contributed by atoms with E-state index >= 15 is 0 Å². The molecule has 0 aliphatic rings. The van der Waals surface area contributed by atoms with Gasteiger partial charge in [0.15, 0.2) is 0 Å². The monoisotopic (exact) mass is 413 g/mol. The number of hydrogen-bond acceptors (Lipinski definition) is 3. The van der Waals surface area contributed by atoms with Crippen molar-refractivity contribution >= 4 is 5.97 Å². The van der Waals surface area contributed by atoms with Crippen molar-refractivity contribution in [3.05, 3.63) is 0 Å². The smallest absolute Gasteiger partial charge is 0.113 e. The Balaban J connectivity index is 3.94. The molecule has 0 amide bonds. The van der Waals surface area contributed by atoms with E-state index in [1.165, 1.54) is 70.6 Å². The lowest BCUT2D eigenvalue weighted by molar-refractivity contribution is -0.897. The van der Waals surface area contributed by atoms with Gasteiger partial charge in [-0.25, -0.2) is 0 Å². The van der Waals surface area contributed by atoms with E-state index in [9.17, 15) is 15.0 Å². The number of aliphatic carboxylic acids is 1. The van der Waals surface area contributed by atoms with Crippen molar-refractivity contribution in [3.8, 4) is 0 Å². The van der Waals surface area contributed by atoms with E-state index < -0.39 is 11.6 Å². The van der Waals surface area contributed by atoms with Crippen LogP contribution in [0.2, 0.25) is 0 Å². The number of quaternary nitrogens is 1. The second-order valence-corrected chi connectivity index (χ2v) is 9.91. The molecule has 1 unspecified atom stereocenters. The van der Waals surface area contributed by atoms with E-state index in [-0.39, 0.29) is 6.42 Å².